The predicted octanol–water partition coefficient (Wildman–Crippen LogP) is 4.16. The third kappa shape index (κ3) is 3.73. The maximum atomic E-state index is 12.8. The van der Waals surface area contributed by atoms with Gasteiger partial charge in [0.15, 0.2) is 5.16 Å². The molecule has 138 valence electrons. The second kappa shape index (κ2) is 7.74. The topological polar surface area (TPSA) is 51.0 Å². The van der Waals surface area contributed by atoms with Crippen LogP contribution in [0.4, 0.5) is 0 Å². The van der Waals surface area contributed by atoms with Crippen LogP contribution in [0, 0.1) is 0 Å². The first kappa shape index (κ1) is 18.1. The van der Waals surface area contributed by atoms with E-state index in [1.54, 1.807) is 6.33 Å². The second-order valence-electron chi connectivity index (χ2n) is 6.51. The Bertz CT molecular complexity index is 974. The first-order chi connectivity index (χ1) is 13.1. The second-order valence-corrected chi connectivity index (χ2v) is 7.89. The van der Waals surface area contributed by atoms with Crippen LogP contribution in [-0.2, 0) is 11.2 Å². The fourth-order valence-electron chi connectivity index (χ4n) is 3.46. The Morgan fingerprint density at radius 2 is 2.15 bits per heavy atom. The molecule has 0 radical (unpaired) electrons. The minimum atomic E-state index is 0.0855. The lowest BCUT2D eigenvalue weighted by Crippen LogP contribution is -2.31. The number of aryl methyl sites for hydroxylation is 1. The first-order valence-corrected chi connectivity index (χ1v) is 10.1. The summed E-state index contributed by atoms with van der Waals surface area (Å²) in [4.78, 5) is 14.6. The van der Waals surface area contributed by atoms with Crippen molar-refractivity contribution in [2.24, 2.45) is 0 Å². The number of carbonyl (C=O) groups is 1. The Balaban J connectivity index is 1.44. The van der Waals surface area contributed by atoms with E-state index < -0.39 is 0 Å². The molecule has 1 aliphatic rings. The Hall–Kier alpha value is -2.31. The van der Waals surface area contributed by atoms with Gasteiger partial charge >= 0.3 is 0 Å². The van der Waals surface area contributed by atoms with Crippen LogP contribution in [0.2, 0.25) is 5.02 Å². The largest absolute Gasteiger partial charge is 0.338 e. The molecule has 2 aromatic carbocycles. The molecule has 27 heavy (non-hydrogen) atoms. The molecule has 0 saturated heterocycles. The smallest absolute Gasteiger partial charge is 0.233 e. The maximum Gasteiger partial charge on any atom is 0.233 e. The molecule has 1 aromatic heterocycles. The van der Waals surface area contributed by atoms with Crippen LogP contribution in [-0.4, -0.2) is 38.4 Å². The number of nitrogens with zero attached hydrogens (tertiary/aromatic N) is 4. The van der Waals surface area contributed by atoms with Crippen molar-refractivity contribution in [3.8, 4) is 5.69 Å². The number of halogens is 1. The van der Waals surface area contributed by atoms with E-state index in [2.05, 4.69) is 28.4 Å². The van der Waals surface area contributed by atoms with E-state index in [1.807, 2.05) is 46.8 Å². The third-order valence-electron chi connectivity index (χ3n) is 4.89. The molecule has 0 saturated carbocycles. The van der Waals surface area contributed by atoms with Crippen molar-refractivity contribution < 1.29 is 4.79 Å². The van der Waals surface area contributed by atoms with Crippen molar-refractivity contribution in [2.75, 3.05) is 12.8 Å². The average Bonchev–Trinajstić information content (AvgIpc) is 3.32. The SMILES string of the molecule is CN(C(=O)CSc1nncn1-c1cccc(Cl)c1)C1CCc2ccccc21. The molecule has 0 fully saturated rings. The molecule has 4 rings (SSSR count). The quantitative estimate of drug-likeness (QED) is 0.605. The van der Waals surface area contributed by atoms with E-state index in [4.69, 9.17) is 11.6 Å². The zero-order valence-electron chi connectivity index (χ0n) is 14.9. The van der Waals surface area contributed by atoms with Crippen molar-refractivity contribution in [2.45, 2.75) is 24.0 Å². The van der Waals surface area contributed by atoms with Gasteiger partial charge in [-0.1, -0.05) is 53.7 Å². The van der Waals surface area contributed by atoms with Crippen LogP contribution >= 0.6 is 23.4 Å². The zero-order chi connectivity index (χ0) is 18.8. The maximum absolute atomic E-state index is 12.8. The molecule has 0 spiro atoms. The monoisotopic (exact) mass is 398 g/mol. The van der Waals surface area contributed by atoms with Crippen molar-refractivity contribution in [1.29, 1.82) is 0 Å². The molecular formula is C20H19ClN4OS. The van der Waals surface area contributed by atoms with Gasteiger partial charge in [-0.3, -0.25) is 9.36 Å². The van der Waals surface area contributed by atoms with Crippen LogP contribution in [0.25, 0.3) is 5.69 Å². The zero-order valence-corrected chi connectivity index (χ0v) is 16.5. The van der Waals surface area contributed by atoms with E-state index in [0.717, 1.165) is 18.5 Å². The van der Waals surface area contributed by atoms with Gasteiger partial charge in [0.25, 0.3) is 0 Å². The number of rotatable bonds is 5. The highest BCUT2D eigenvalue weighted by Gasteiger charge is 2.28. The first-order valence-electron chi connectivity index (χ1n) is 8.75. The lowest BCUT2D eigenvalue weighted by molar-refractivity contribution is -0.129. The van der Waals surface area contributed by atoms with Gasteiger partial charge < -0.3 is 4.90 Å². The third-order valence-corrected chi connectivity index (χ3v) is 6.05. The van der Waals surface area contributed by atoms with Gasteiger partial charge in [-0.05, 0) is 42.2 Å². The highest BCUT2D eigenvalue weighted by molar-refractivity contribution is 7.99. The Morgan fingerprint density at radius 1 is 1.30 bits per heavy atom. The molecule has 0 N–H and O–H groups in total. The van der Waals surface area contributed by atoms with Crippen molar-refractivity contribution in [3.05, 3.63) is 71.0 Å². The predicted molar refractivity (Wildman–Crippen MR) is 107 cm³/mol. The lowest BCUT2D eigenvalue weighted by atomic mass is 10.1. The number of carbonyl (C=O) groups excluding carboxylic acids is 1. The molecule has 1 heterocycles. The number of hydrogen-bond acceptors (Lipinski definition) is 4. The van der Waals surface area contributed by atoms with Crippen LogP contribution in [0.15, 0.2) is 60.0 Å². The van der Waals surface area contributed by atoms with Gasteiger partial charge in [0.05, 0.1) is 17.5 Å². The van der Waals surface area contributed by atoms with Gasteiger partial charge in [0, 0.05) is 12.1 Å². The fraction of sp³-hybridized carbons (Fsp3) is 0.250. The summed E-state index contributed by atoms with van der Waals surface area (Å²) in [7, 11) is 1.89. The Labute approximate surface area is 167 Å². The van der Waals surface area contributed by atoms with Crippen LogP contribution in [0.5, 0.6) is 0 Å². The lowest BCUT2D eigenvalue weighted by Gasteiger charge is -2.25. The molecule has 1 unspecified atom stereocenters. The molecule has 5 nitrogen and oxygen atoms in total. The highest BCUT2D eigenvalue weighted by Crippen LogP contribution is 2.35. The summed E-state index contributed by atoms with van der Waals surface area (Å²) in [6.07, 6.45) is 3.63. The summed E-state index contributed by atoms with van der Waals surface area (Å²) in [6.45, 7) is 0. The summed E-state index contributed by atoms with van der Waals surface area (Å²) in [6, 6.07) is 16.0. The van der Waals surface area contributed by atoms with Crippen LogP contribution in [0.3, 0.4) is 0 Å². The van der Waals surface area contributed by atoms with Crippen molar-refractivity contribution in [3.63, 3.8) is 0 Å². The number of aromatic nitrogens is 3. The van der Waals surface area contributed by atoms with E-state index >= 15 is 0 Å². The number of hydrogen-bond donors (Lipinski definition) is 0. The van der Waals surface area contributed by atoms with E-state index in [-0.39, 0.29) is 11.9 Å². The summed E-state index contributed by atoms with van der Waals surface area (Å²) >= 11 is 7.46. The minimum absolute atomic E-state index is 0.0855. The average molecular weight is 399 g/mol. The van der Waals surface area contributed by atoms with Gasteiger partial charge in [-0.25, -0.2) is 0 Å². The minimum Gasteiger partial charge on any atom is -0.338 e. The number of amides is 1. The molecule has 0 aliphatic heterocycles. The van der Waals surface area contributed by atoms with Gasteiger partial charge in [0.2, 0.25) is 5.91 Å². The van der Waals surface area contributed by atoms with Crippen LogP contribution in [0.1, 0.15) is 23.6 Å². The number of fused-ring (bicyclic) bond motifs is 1. The Kier molecular flexibility index (Phi) is 5.18. The molecular weight excluding hydrogens is 380 g/mol. The standard InChI is InChI=1S/C20H19ClN4OS/c1-24(18-10-9-14-5-2-3-8-17(14)18)19(26)12-27-20-23-22-13-25(20)16-7-4-6-15(21)11-16/h2-8,11,13,18H,9-10,12H2,1H3. The Morgan fingerprint density at radius 3 is 3.00 bits per heavy atom. The fourth-order valence-corrected chi connectivity index (χ4v) is 4.50. The van der Waals surface area contributed by atoms with Gasteiger partial charge in [0.1, 0.15) is 6.33 Å². The molecule has 7 heteroatoms. The van der Waals surface area contributed by atoms with Crippen molar-refractivity contribution in [1.82, 2.24) is 19.7 Å². The van der Waals surface area contributed by atoms with Gasteiger partial charge in [-0.15, -0.1) is 10.2 Å². The highest BCUT2D eigenvalue weighted by atomic mass is 35.5. The summed E-state index contributed by atoms with van der Waals surface area (Å²) in [5, 5.41) is 9.45. The van der Waals surface area contributed by atoms with Crippen LogP contribution < -0.4 is 0 Å². The van der Waals surface area contributed by atoms with Gasteiger partial charge in [-0.2, -0.15) is 0 Å². The van der Waals surface area contributed by atoms with E-state index in [9.17, 15) is 4.79 Å². The number of thioether (sulfide) groups is 1. The van der Waals surface area contributed by atoms with Crippen molar-refractivity contribution >= 4 is 29.3 Å². The van der Waals surface area contributed by atoms with E-state index in [1.165, 1.54) is 22.9 Å². The molecule has 0 bridgehead atoms. The molecule has 1 amide bonds. The summed E-state index contributed by atoms with van der Waals surface area (Å²) in [5.74, 6) is 0.399. The summed E-state index contributed by atoms with van der Waals surface area (Å²) < 4.78 is 1.84. The molecule has 1 atom stereocenters. The normalized spacial score (nSPS) is 15.6. The van der Waals surface area contributed by atoms with E-state index in [0.29, 0.717) is 15.9 Å². The molecule has 3 aromatic rings. The number of benzene rings is 2. The molecule has 1 aliphatic carbocycles. The summed E-state index contributed by atoms with van der Waals surface area (Å²) in [5.41, 5.74) is 3.48.